The maximum Gasteiger partial charge on any atom is 0.167 e. The van der Waals surface area contributed by atoms with Gasteiger partial charge in [-0.15, -0.1) is 0 Å². The summed E-state index contributed by atoms with van der Waals surface area (Å²) in [5, 5.41) is 0. The number of halogens is 4. The van der Waals surface area contributed by atoms with Crippen molar-refractivity contribution < 1.29 is 17.6 Å². The molecule has 0 aromatic heterocycles. The SMILES string of the molecule is C/C=C/C1CCC(C2CC=C(c3ccc(-c4ccc(-c5ccc(CCCCCCCCCC)c(F)c5F)cc4)c(F)c3F)CC2)CC1. The molecule has 0 spiro atoms. The van der Waals surface area contributed by atoms with Crippen LogP contribution in [0.15, 0.2) is 66.8 Å². The molecule has 0 bridgehead atoms. The number of rotatable bonds is 14. The van der Waals surface area contributed by atoms with E-state index in [0.717, 1.165) is 50.0 Å². The van der Waals surface area contributed by atoms with Gasteiger partial charge in [0, 0.05) is 16.7 Å². The zero-order valence-corrected chi connectivity index (χ0v) is 28.4. The van der Waals surface area contributed by atoms with Crippen LogP contribution in [0.3, 0.4) is 0 Å². The van der Waals surface area contributed by atoms with Crippen molar-refractivity contribution in [2.75, 3.05) is 0 Å². The summed E-state index contributed by atoms with van der Waals surface area (Å²) in [6.07, 6.45) is 24.1. The van der Waals surface area contributed by atoms with Crippen molar-refractivity contribution in [3.8, 4) is 22.3 Å². The Balaban J connectivity index is 1.19. The first-order valence-electron chi connectivity index (χ1n) is 18.3. The van der Waals surface area contributed by atoms with E-state index >= 15 is 13.2 Å². The van der Waals surface area contributed by atoms with E-state index in [-0.39, 0.29) is 11.1 Å². The lowest BCUT2D eigenvalue weighted by Crippen LogP contribution is -2.22. The fourth-order valence-electron chi connectivity index (χ4n) is 7.91. The molecule has 0 saturated heterocycles. The Hall–Kier alpha value is -3.14. The summed E-state index contributed by atoms with van der Waals surface area (Å²) in [5.41, 5.74) is 2.98. The number of hydrogen-bond donors (Lipinski definition) is 0. The third kappa shape index (κ3) is 8.86. The number of benzene rings is 3. The summed E-state index contributed by atoms with van der Waals surface area (Å²) in [5.74, 6) is -1.28. The Kier molecular flexibility index (Phi) is 13.0. The summed E-state index contributed by atoms with van der Waals surface area (Å²) in [7, 11) is 0. The van der Waals surface area contributed by atoms with Gasteiger partial charge >= 0.3 is 0 Å². The average Bonchev–Trinajstić information content (AvgIpc) is 3.10. The van der Waals surface area contributed by atoms with Crippen LogP contribution in [0.2, 0.25) is 0 Å². The third-order valence-electron chi connectivity index (χ3n) is 10.8. The molecule has 1 fully saturated rings. The molecule has 3 aromatic carbocycles. The van der Waals surface area contributed by atoms with Gasteiger partial charge in [-0.25, -0.2) is 17.6 Å². The van der Waals surface area contributed by atoms with Crippen molar-refractivity contribution in [3.05, 3.63) is 101 Å². The highest BCUT2D eigenvalue weighted by atomic mass is 19.2. The van der Waals surface area contributed by atoms with Gasteiger partial charge in [0.2, 0.25) is 0 Å². The molecule has 0 N–H and O–H groups in total. The number of aryl methyl sites for hydroxylation is 1. The van der Waals surface area contributed by atoms with Crippen LogP contribution in [0.25, 0.3) is 27.8 Å². The van der Waals surface area contributed by atoms with Crippen LogP contribution in [-0.2, 0) is 6.42 Å². The predicted molar refractivity (Wildman–Crippen MR) is 189 cm³/mol. The molecule has 0 radical (unpaired) electrons. The second kappa shape index (κ2) is 17.3. The van der Waals surface area contributed by atoms with E-state index in [1.807, 2.05) is 0 Å². The van der Waals surface area contributed by atoms with E-state index in [1.165, 1.54) is 57.8 Å². The molecule has 47 heavy (non-hydrogen) atoms. The molecular weight excluding hydrogens is 592 g/mol. The number of unbranched alkanes of at least 4 members (excludes halogenated alkanes) is 7. The smallest absolute Gasteiger partial charge is 0.167 e. The van der Waals surface area contributed by atoms with Crippen molar-refractivity contribution in [2.24, 2.45) is 17.8 Å². The summed E-state index contributed by atoms with van der Waals surface area (Å²) in [4.78, 5) is 0. The highest BCUT2D eigenvalue weighted by Crippen LogP contribution is 2.42. The van der Waals surface area contributed by atoms with Crippen molar-refractivity contribution in [1.29, 1.82) is 0 Å². The molecule has 2 aliphatic rings. The van der Waals surface area contributed by atoms with Crippen LogP contribution in [-0.4, -0.2) is 0 Å². The van der Waals surface area contributed by atoms with Crippen molar-refractivity contribution >= 4 is 5.57 Å². The van der Waals surface area contributed by atoms with Crippen LogP contribution in [0, 0.1) is 41.0 Å². The van der Waals surface area contributed by atoms with E-state index in [0.29, 0.717) is 40.5 Å². The van der Waals surface area contributed by atoms with E-state index in [1.54, 1.807) is 48.5 Å². The topological polar surface area (TPSA) is 0 Å². The van der Waals surface area contributed by atoms with E-state index in [2.05, 4.69) is 32.1 Å². The fraction of sp³-hybridized carbons (Fsp3) is 0.488. The Morgan fingerprint density at radius 1 is 0.596 bits per heavy atom. The lowest BCUT2D eigenvalue weighted by Gasteiger charge is -2.35. The molecule has 0 heterocycles. The second-order valence-electron chi connectivity index (χ2n) is 14.0. The van der Waals surface area contributed by atoms with Gasteiger partial charge in [-0.2, -0.15) is 0 Å². The van der Waals surface area contributed by atoms with E-state index in [4.69, 9.17) is 0 Å². The quantitative estimate of drug-likeness (QED) is 0.0930. The number of allylic oxidation sites excluding steroid dienone is 4. The second-order valence-corrected chi connectivity index (χ2v) is 14.0. The first-order chi connectivity index (χ1) is 22.9. The highest BCUT2D eigenvalue weighted by molar-refractivity contribution is 5.74. The molecule has 5 rings (SSSR count). The van der Waals surface area contributed by atoms with Gasteiger partial charge in [-0.3, -0.25) is 0 Å². The van der Waals surface area contributed by atoms with E-state index < -0.39 is 23.3 Å². The van der Waals surface area contributed by atoms with Crippen LogP contribution >= 0.6 is 0 Å². The summed E-state index contributed by atoms with van der Waals surface area (Å²) >= 11 is 0. The minimum absolute atomic E-state index is 0.164. The molecule has 1 unspecified atom stereocenters. The van der Waals surface area contributed by atoms with Crippen LogP contribution in [0.1, 0.15) is 121 Å². The van der Waals surface area contributed by atoms with Crippen LogP contribution in [0.5, 0.6) is 0 Å². The molecule has 1 atom stereocenters. The molecule has 0 amide bonds. The molecule has 3 aromatic rings. The highest BCUT2D eigenvalue weighted by Gasteiger charge is 2.29. The summed E-state index contributed by atoms with van der Waals surface area (Å²) in [6.45, 7) is 4.30. The molecule has 0 aliphatic heterocycles. The molecule has 0 nitrogen and oxygen atoms in total. The maximum atomic E-state index is 15.5. The monoisotopic (exact) mass is 644 g/mol. The van der Waals surface area contributed by atoms with Gasteiger partial charge in [0.1, 0.15) is 0 Å². The van der Waals surface area contributed by atoms with E-state index in [9.17, 15) is 4.39 Å². The minimum Gasteiger partial charge on any atom is -0.203 e. The molecule has 2 aliphatic carbocycles. The van der Waals surface area contributed by atoms with Crippen molar-refractivity contribution in [1.82, 2.24) is 0 Å². The summed E-state index contributed by atoms with van der Waals surface area (Å²) in [6, 6.07) is 13.2. The molecular formula is C43H52F4. The largest absolute Gasteiger partial charge is 0.203 e. The first-order valence-corrected chi connectivity index (χ1v) is 18.3. The summed E-state index contributed by atoms with van der Waals surface area (Å²) < 4.78 is 61.0. The molecule has 252 valence electrons. The predicted octanol–water partition coefficient (Wildman–Crippen LogP) is 13.8. The Morgan fingerprint density at radius 2 is 1.15 bits per heavy atom. The molecule has 1 saturated carbocycles. The lowest BCUT2D eigenvalue weighted by molar-refractivity contribution is 0.212. The maximum absolute atomic E-state index is 15.5. The van der Waals surface area contributed by atoms with Gasteiger partial charge in [0.05, 0.1) is 0 Å². The van der Waals surface area contributed by atoms with Gasteiger partial charge in [0.25, 0.3) is 0 Å². The Bertz CT molecular complexity index is 1510. The van der Waals surface area contributed by atoms with Gasteiger partial charge < -0.3 is 0 Å². The number of hydrogen-bond acceptors (Lipinski definition) is 0. The zero-order valence-electron chi connectivity index (χ0n) is 28.4. The lowest BCUT2D eigenvalue weighted by atomic mass is 9.71. The van der Waals surface area contributed by atoms with Crippen LogP contribution in [0.4, 0.5) is 17.6 Å². The van der Waals surface area contributed by atoms with Gasteiger partial charge in [0.15, 0.2) is 23.3 Å². The zero-order chi connectivity index (χ0) is 33.2. The first kappa shape index (κ1) is 35.2. The molecule has 4 heteroatoms. The van der Waals surface area contributed by atoms with Crippen LogP contribution < -0.4 is 0 Å². The van der Waals surface area contributed by atoms with Crippen molar-refractivity contribution in [3.63, 3.8) is 0 Å². The minimum atomic E-state index is -0.872. The standard InChI is InChI=1S/C43H52F4/c1-3-5-6-7-8-9-10-11-13-36-26-27-37(41(45)40(36)44)34-22-24-35(25-23-34)39-29-28-38(42(46)43(39)47)33-20-18-32(19-21-33)31-16-14-30(12-4-2)15-17-31/h4,12,20,22-32H,3,5-11,13-19,21H2,1-2H3/b12-4+. The Morgan fingerprint density at radius 3 is 1.74 bits per heavy atom. The van der Waals surface area contributed by atoms with Crippen molar-refractivity contribution in [2.45, 2.75) is 117 Å². The third-order valence-corrected chi connectivity index (χ3v) is 10.8. The van der Waals surface area contributed by atoms with Gasteiger partial charge in [-0.1, -0.05) is 119 Å². The average molecular weight is 645 g/mol. The van der Waals surface area contributed by atoms with Gasteiger partial charge in [-0.05, 0) is 105 Å². The fourth-order valence-corrected chi connectivity index (χ4v) is 7.91. The Labute approximate surface area is 280 Å². The normalized spacial score (nSPS) is 20.1.